The Balaban J connectivity index is 3.86. The van der Waals surface area contributed by atoms with E-state index in [4.69, 9.17) is 21.5 Å². The summed E-state index contributed by atoms with van der Waals surface area (Å²) in [6.45, 7) is 1.70. The zero-order valence-corrected chi connectivity index (χ0v) is 8.68. The fourth-order valence-electron chi connectivity index (χ4n) is 1.08. The Bertz CT molecular complexity index is 230. The van der Waals surface area contributed by atoms with E-state index in [9.17, 15) is 4.79 Å². The smallest absolute Gasteiger partial charge is 0.426 e. The number of nitrogens with two attached hydrogens (primary N) is 2. The highest BCUT2D eigenvalue weighted by Crippen LogP contribution is 1.99. The molecule has 1 atom stereocenters. The first kappa shape index (κ1) is 13.7. The monoisotopic (exact) mass is 216 g/mol. The Hall–Kier alpha value is -1.28. The number of hydrogen-bond acceptors (Lipinski definition) is 4. The lowest BCUT2D eigenvalue weighted by molar-refractivity contribution is -0.119. The summed E-state index contributed by atoms with van der Waals surface area (Å²) in [6, 6.07) is 0. The molecule has 8 heteroatoms. The van der Waals surface area contributed by atoms with Crippen molar-refractivity contribution in [1.29, 1.82) is 0 Å². The lowest BCUT2D eigenvalue weighted by atomic mass is 9.77. The molecule has 0 aromatic carbocycles. The summed E-state index contributed by atoms with van der Waals surface area (Å²) in [5.41, 5.74) is 10.2. The van der Waals surface area contributed by atoms with Gasteiger partial charge in [-0.05, 0) is 12.8 Å². The molecule has 0 aliphatic rings. The van der Waals surface area contributed by atoms with Gasteiger partial charge in [-0.15, -0.1) is 0 Å². The third-order valence-corrected chi connectivity index (χ3v) is 1.72. The topological polar surface area (TPSA) is 134 Å². The summed E-state index contributed by atoms with van der Waals surface area (Å²) in [5, 5.41) is 20.3. The van der Waals surface area contributed by atoms with Crippen LogP contribution in [0.25, 0.3) is 0 Å². The van der Waals surface area contributed by atoms with Gasteiger partial charge in [-0.25, -0.2) is 0 Å². The van der Waals surface area contributed by atoms with Crippen molar-refractivity contribution >= 4 is 19.0 Å². The molecule has 0 aromatic heterocycles. The van der Waals surface area contributed by atoms with Crippen LogP contribution in [0.15, 0.2) is 4.99 Å². The molecule has 1 amide bonds. The van der Waals surface area contributed by atoms with Crippen molar-refractivity contribution in [3.63, 3.8) is 0 Å². The van der Waals surface area contributed by atoms with Gasteiger partial charge in [0.25, 0.3) is 0 Å². The Morgan fingerprint density at radius 2 is 2.13 bits per heavy atom. The molecule has 0 bridgehead atoms. The maximum absolute atomic E-state index is 10.7. The number of nitrogens with one attached hydrogen (secondary N) is 1. The maximum Gasteiger partial charge on any atom is 0.475 e. The number of rotatable bonds is 6. The molecule has 0 aliphatic carbocycles. The van der Waals surface area contributed by atoms with Crippen LogP contribution in [0.5, 0.6) is 0 Å². The first-order valence-corrected chi connectivity index (χ1v) is 4.62. The molecule has 0 saturated heterocycles. The van der Waals surface area contributed by atoms with Crippen LogP contribution in [0, 0.1) is 0 Å². The molecule has 0 saturated carbocycles. The van der Waals surface area contributed by atoms with Crippen molar-refractivity contribution in [2.75, 3.05) is 6.54 Å². The fraction of sp³-hybridized carbons (Fsp3) is 0.714. The quantitative estimate of drug-likeness (QED) is 0.145. The highest BCUT2D eigenvalue weighted by molar-refractivity contribution is 6.43. The van der Waals surface area contributed by atoms with E-state index in [2.05, 4.69) is 10.3 Å². The van der Waals surface area contributed by atoms with Crippen molar-refractivity contribution in [3.8, 4) is 0 Å². The van der Waals surface area contributed by atoms with Crippen LogP contribution in [0.1, 0.15) is 19.8 Å². The molecular weight excluding hydrogens is 199 g/mol. The molecule has 0 radical (unpaired) electrons. The third-order valence-electron chi connectivity index (χ3n) is 1.72. The number of amides is 1. The highest BCUT2D eigenvalue weighted by atomic mass is 16.4. The predicted molar refractivity (Wildman–Crippen MR) is 57.7 cm³/mol. The van der Waals surface area contributed by atoms with Gasteiger partial charge in [-0.1, -0.05) is 0 Å². The second kappa shape index (κ2) is 7.07. The Morgan fingerprint density at radius 1 is 1.53 bits per heavy atom. The molecule has 0 fully saturated rings. The summed E-state index contributed by atoms with van der Waals surface area (Å²) in [6.07, 6.45) is 0.953. The SMILES string of the molecule is CC(=O)N[C@@H](CCCN=C(N)N)B(O)O. The van der Waals surface area contributed by atoms with Crippen LogP contribution in [0.4, 0.5) is 0 Å². The molecule has 7 nitrogen and oxygen atoms in total. The van der Waals surface area contributed by atoms with Crippen LogP contribution in [-0.2, 0) is 4.79 Å². The van der Waals surface area contributed by atoms with Crippen molar-refractivity contribution in [2.45, 2.75) is 25.7 Å². The summed E-state index contributed by atoms with van der Waals surface area (Å²) in [4.78, 5) is 14.4. The van der Waals surface area contributed by atoms with E-state index in [-0.39, 0.29) is 11.9 Å². The molecule has 0 spiro atoms. The maximum atomic E-state index is 10.7. The summed E-state index contributed by atoms with van der Waals surface area (Å²) in [5.74, 6) is -0.998. The van der Waals surface area contributed by atoms with Crippen molar-refractivity contribution in [1.82, 2.24) is 5.32 Å². The first-order chi connectivity index (χ1) is 6.93. The van der Waals surface area contributed by atoms with E-state index >= 15 is 0 Å². The lowest BCUT2D eigenvalue weighted by Crippen LogP contribution is -2.45. The average molecular weight is 216 g/mol. The number of guanidine groups is 1. The molecule has 0 rings (SSSR count). The summed E-state index contributed by atoms with van der Waals surface area (Å²) >= 11 is 0. The van der Waals surface area contributed by atoms with Gasteiger partial charge in [0.1, 0.15) is 0 Å². The van der Waals surface area contributed by atoms with Crippen molar-refractivity contribution in [3.05, 3.63) is 0 Å². The fourth-order valence-corrected chi connectivity index (χ4v) is 1.08. The van der Waals surface area contributed by atoms with E-state index in [1.165, 1.54) is 6.92 Å². The minimum atomic E-state index is -1.58. The number of hydrogen-bond donors (Lipinski definition) is 5. The zero-order valence-electron chi connectivity index (χ0n) is 8.68. The standard InChI is InChI=1S/C7H17BN4O3/c1-5(13)12-6(8(14)15)3-2-4-11-7(9)10/h6,14-15H,2-4H2,1H3,(H,12,13)(H4,9,10,11)/t6-/m0/s1. The van der Waals surface area contributed by atoms with Gasteiger partial charge in [-0.2, -0.15) is 0 Å². The van der Waals surface area contributed by atoms with Gasteiger partial charge in [0, 0.05) is 13.5 Å². The van der Waals surface area contributed by atoms with Gasteiger partial charge in [0.2, 0.25) is 5.91 Å². The lowest BCUT2D eigenvalue weighted by Gasteiger charge is -2.15. The number of aliphatic imine (C=N–C) groups is 1. The van der Waals surface area contributed by atoms with Gasteiger partial charge in [0.15, 0.2) is 5.96 Å². The van der Waals surface area contributed by atoms with Gasteiger partial charge in [0.05, 0.1) is 5.94 Å². The summed E-state index contributed by atoms with van der Waals surface area (Å²) < 4.78 is 0. The van der Waals surface area contributed by atoms with Crippen LogP contribution >= 0.6 is 0 Å². The number of nitrogens with zero attached hydrogens (tertiary/aromatic N) is 1. The molecular formula is C7H17BN4O3. The van der Waals surface area contributed by atoms with E-state index in [0.717, 1.165) is 0 Å². The summed E-state index contributed by atoms with van der Waals surface area (Å²) in [7, 11) is -1.58. The van der Waals surface area contributed by atoms with Gasteiger partial charge < -0.3 is 26.8 Å². The van der Waals surface area contributed by atoms with Gasteiger partial charge >= 0.3 is 7.12 Å². The van der Waals surface area contributed by atoms with E-state index in [1.807, 2.05) is 0 Å². The molecule has 86 valence electrons. The Morgan fingerprint density at radius 3 is 2.53 bits per heavy atom. The second-order valence-corrected chi connectivity index (χ2v) is 3.17. The molecule has 0 heterocycles. The van der Waals surface area contributed by atoms with Crippen LogP contribution in [0.2, 0.25) is 0 Å². The van der Waals surface area contributed by atoms with E-state index in [1.54, 1.807) is 0 Å². The normalized spacial score (nSPS) is 11.7. The first-order valence-electron chi connectivity index (χ1n) is 4.62. The van der Waals surface area contributed by atoms with Crippen molar-refractivity contribution < 1.29 is 14.8 Å². The van der Waals surface area contributed by atoms with E-state index < -0.39 is 13.1 Å². The van der Waals surface area contributed by atoms with Crippen LogP contribution in [0.3, 0.4) is 0 Å². The molecule has 0 aliphatic heterocycles. The van der Waals surface area contributed by atoms with E-state index in [0.29, 0.717) is 19.4 Å². The Labute approximate surface area is 88.7 Å². The predicted octanol–water partition coefficient (Wildman–Crippen LogP) is -2.44. The largest absolute Gasteiger partial charge is 0.475 e. The molecule has 0 aromatic rings. The Kier molecular flexibility index (Phi) is 6.47. The minimum absolute atomic E-state index is 0.00405. The molecule has 0 unspecified atom stereocenters. The zero-order chi connectivity index (χ0) is 11.8. The average Bonchev–Trinajstić information content (AvgIpc) is 2.08. The number of carbonyl (C=O) groups excluding carboxylic acids is 1. The third kappa shape index (κ3) is 7.77. The van der Waals surface area contributed by atoms with Crippen LogP contribution < -0.4 is 16.8 Å². The van der Waals surface area contributed by atoms with Crippen LogP contribution in [-0.4, -0.2) is 41.5 Å². The second-order valence-electron chi connectivity index (χ2n) is 3.17. The molecule has 15 heavy (non-hydrogen) atoms. The highest BCUT2D eigenvalue weighted by Gasteiger charge is 2.23. The van der Waals surface area contributed by atoms with Gasteiger partial charge in [-0.3, -0.25) is 9.79 Å². The molecule has 7 N–H and O–H groups in total. The minimum Gasteiger partial charge on any atom is -0.426 e. The number of carbonyl (C=O) groups is 1. The van der Waals surface area contributed by atoms with Crippen molar-refractivity contribution in [2.24, 2.45) is 16.5 Å².